The van der Waals surface area contributed by atoms with Crippen LogP contribution in [-0.4, -0.2) is 44.5 Å². The Bertz CT molecular complexity index is 1260. The van der Waals surface area contributed by atoms with E-state index in [-0.39, 0.29) is 5.56 Å². The van der Waals surface area contributed by atoms with Gasteiger partial charge in [-0.3, -0.25) is 19.7 Å². The molecule has 3 heterocycles. The van der Waals surface area contributed by atoms with Crippen LogP contribution in [0.1, 0.15) is 21.6 Å². The van der Waals surface area contributed by atoms with Crippen LogP contribution in [0, 0.1) is 6.92 Å². The second-order valence-electron chi connectivity index (χ2n) is 6.60. The van der Waals surface area contributed by atoms with Crippen LogP contribution in [0.15, 0.2) is 47.5 Å². The molecule has 0 radical (unpaired) electrons. The van der Waals surface area contributed by atoms with Gasteiger partial charge in [0, 0.05) is 43.1 Å². The fraction of sp³-hybridized carbons (Fsp3) is 0.200. The smallest absolute Gasteiger partial charge is 0.285 e. The van der Waals surface area contributed by atoms with Crippen LogP contribution < -0.4 is 10.3 Å². The molecule has 8 nitrogen and oxygen atoms in total. The molecule has 1 N–H and O–H groups in total. The standard InChI is InChI=1S/C20H19N5O3/c1-12-9-17-22-10-15(20(27)25(17)23-12)19(26)24(2)11-13-6-7-16(28-3)18-14(13)5-4-8-21-18/h4-10,23H,11H2,1-3H3. The summed E-state index contributed by atoms with van der Waals surface area (Å²) in [6.07, 6.45) is 3.03. The summed E-state index contributed by atoms with van der Waals surface area (Å²) in [7, 11) is 3.25. The van der Waals surface area contributed by atoms with Gasteiger partial charge in [-0.2, -0.15) is 0 Å². The lowest BCUT2D eigenvalue weighted by atomic mass is 10.1. The maximum atomic E-state index is 12.9. The molecule has 0 aliphatic rings. The van der Waals surface area contributed by atoms with E-state index in [0.29, 0.717) is 17.9 Å². The molecule has 0 saturated carbocycles. The minimum Gasteiger partial charge on any atom is -0.494 e. The first-order valence-corrected chi connectivity index (χ1v) is 8.73. The Hall–Kier alpha value is -3.68. The molecule has 0 aliphatic carbocycles. The van der Waals surface area contributed by atoms with Crippen LogP contribution >= 0.6 is 0 Å². The average molecular weight is 377 g/mol. The number of carbonyl (C=O) groups excluding carboxylic acids is 1. The highest BCUT2D eigenvalue weighted by atomic mass is 16.5. The molecule has 0 aliphatic heterocycles. The van der Waals surface area contributed by atoms with Gasteiger partial charge < -0.3 is 9.64 Å². The van der Waals surface area contributed by atoms with E-state index in [4.69, 9.17) is 4.74 Å². The highest BCUT2D eigenvalue weighted by Gasteiger charge is 2.19. The summed E-state index contributed by atoms with van der Waals surface area (Å²) in [6, 6.07) is 9.24. The summed E-state index contributed by atoms with van der Waals surface area (Å²) < 4.78 is 6.64. The number of aryl methyl sites for hydroxylation is 1. The van der Waals surface area contributed by atoms with Gasteiger partial charge in [0.25, 0.3) is 11.5 Å². The van der Waals surface area contributed by atoms with Crippen LogP contribution in [0.5, 0.6) is 5.75 Å². The number of H-pyrrole nitrogens is 1. The second-order valence-corrected chi connectivity index (χ2v) is 6.60. The Kier molecular flexibility index (Phi) is 4.31. The summed E-state index contributed by atoms with van der Waals surface area (Å²) in [6.45, 7) is 2.14. The SMILES string of the molecule is COc1ccc(CN(C)C(=O)c2cnc3cc(C)[nH]n3c2=O)c2cccnc12. The van der Waals surface area contributed by atoms with Gasteiger partial charge in [-0.15, -0.1) is 0 Å². The Morgan fingerprint density at radius 2 is 2.11 bits per heavy atom. The summed E-state index contributed by atoms with van der Waals surface area (Å²) >= 11 is 0. The predicted octanol–water partition coefficient (Wildman–Crippen LogP) is 2.16. The molecule has 4 aromatic rings. The van der Waals surface area contributed by atoms with Gasteiger partial charge in [-0.05, 0) is 24.6 Å². The molecule has 142 valence electrons. The minimum atomic E-state index is -0.420. The van der Waals surface area contributed by atoms with E-state index in [1.165, 1.54) is 15.6 Å². The molecule has 0 bridgehead atoms. The second kappa shape index (κ2) is 6.80. The third-order valence-corrected chi connectivity index (χ3v) is 4.65. The van der Waals surface area contributed by atoms with E-state index >= 15 is 0 Å². The number of fused-ring (bicyclic) bond motifs is 2. The van der Waals surface area contributed by atoms with E-state index < -0.39 is 11.5 Å². The van der Waals surface area contributed by atoms with Crippen LogP contribution in [-0.2, 0) is 6.54 Å². The van der Waals surface area contributed by atoms with Crippen molar-refractivity contribution in [3.05, 3.63) is 69.9 Å². The number of aromatic amines is 1. The highest BCUT2D eigenvalue weighted by molar-refractivity contribution is 5.94. The predicted molar refractivity (Wildman–Crippen MR) is 105 cm³/mol. The number of rotatable bonds is 4. The number of aromatic nitrogens is 4. The van der Waals surface area contributed by atoms with Gasteiger partial charge in [0.15, 0.2) is 5.65 Å². The third-order valence-electron chi connectivity index (χ3n) is 4.65. The first-order chi connectivity index (χ1) is 13.5. The van der Waals surface area contributed by atoms with Crippen molar-refractivity contribution in [2.24, 2.45) is 0 Å². The van der Waals surface area contributed by atoms with Gasteiger partial charge in [0.1, 0.15) is 16.8 Å². The van der Waals surface area contributed by atoms with Crippen molar-refractivity contribution in [1.29, 1.82) is 0 Å². The number of carbonyl (C=O) groups is 1. The Morgan fingerprint density at radius 1 is 1.29 bits per heavy atom. The number of benzene rings is 1. The van der Waals surface area contributed by atoms with Crippen LogP contribution in [0.2, 0.25) is 0 Å². The number of pyridine rings is 1. The van der Waals surface area contributed by atoms with Gasteiger partial charge in [0.05, 0.1) is 7.11 Å². The fourth-order valence-corrected chi connectivity index (χ4v) is 3.27. The monoisotopic (exact) mass is 377 g/mol. The molecule has 0 fully saturated rings. The number of nitrogens with zero attached hydrogens (tertiary/aromatic N) is 4. The van der Waals surface area contributed by atoms with Crippen molar-refractivity contribution < 1.29 is 9.53 Å². The average Bonchev–Trinajstić information content (AvgIpc) is 3.09. The molecule has 8 heteroatoms. The molecule has 0 atom stereocenters. The van der Waals surface area contributed by atoms with Crippen molar-refractivity contribution in [2.45, 2.75) is 13.5 Å². The van der Waals surface area contributed by atoms with Crippen LogP contribution in [0.4, 0.5) is 0 Å². The molecule has 0 spiro atoms. The Labute approximate surface area is 160 Å². The topological polar surface area (TPSA) is 92.6 Å². The zero-order valence-corrected chi connectivity index (χ0v) is 15.8. The summed E-state index contributed by atoms with van der Waals surface area (Å²) in [5, 5.41) is 3.79. The lowest BCUT2D eigenvalue weighted by molar-refractivity contribution is 0.0783. The zero-order valence-electron chi connectivity index (χ0n) is 15.8. The normalized spacial score (nSPS) is 11.1. The number of nitrogens with one attached hydrogen (secondary N) is 1. The van der Waals surface area contributed by atoms with Crippen LogP contribution in [0.25, 0.3) is 16.6 Å². The lowest BCUT2D eigenvalue weighted by Gasteiger charge is -2.18. The molecule has 28 heavy (non-hydrogen) atoms. The quantitative estimate of drug-likeness (QED) is 0.588. The number of ether oxygens (including phenoxy) is 1. The van der Waals surface area contributed by atoms with Crippen molar-refractivity contribution in [2.75, 3.05) is 14.2 Å². The molecular weight excluding hydrogens is 358 g/mol. The molecule has 1 amide bonds. The molecule has 3 aromatic heterocycles. The summed E-state index contributed by atoms with van der Waals surface area (Å²) in [4.78, 5) is 35.6. The first-order valence-electron chi connectivity index (χ1n) is 8.73. The first kappa shape index (κ1) is 17.7. The van der Waals surface area contributed by atoms with E-state index in [2.05, 4.69) is 15.1 Å². The van der Waals surface area contributed by atoms with Gasteiger partial charge in [0.2, 0.25) is 0 Å². The summed E-state index contributed by atoms with van der Waals surface area (Å²) in [5.41, 5.74) is 2.50. The van der Waals surface area contributed by atoms with Gasteiger partial charge >= 0.3 is 0 Å². The number of hydrogen-bond acceptors (Lipinski definition) is 5. The Morgan fingerprint density at radius 3 is 2.89 bits per heavy atom. The fourth-order valence-electron chi connectivity index (χ4n) is 3.27. The van der Waals surface area contributed by atoms with Crippen molar-refractivity contribution in [1.82, 2.24) is 24.5 Å². The minimum absolute atomic E-state index is 0.0118. The molecule has 4 rings (SSSR count). The molecule has 1 aromatic carbocycles. The molecule has 0 unspecified atom stereocenters. The van der Waals surface area contributed by atoms with E-state index in [9.17, 15) is 9.59 Å². The number of amides is 1. The lowest BCUT2D eigenvalue weighted by Crippen LogP contribution is -2.33. The number of methoxy groups -OCH3 is 1. The maximum Gasteiger partial charge on any atom is 0.285 e. The largest absolute Gasteiger partial charge is 0.494 e. The van der Waals surface area contributed by atoms with E-state index in [1.807, 2.05) is 31.2 Å². The van der Waals surface area contributed by atoms with E-state index in [1.54, 1.807) is 26.4 Å². The summed E-state index contributed by atoms with van der Waals surface area (Å²) in [5.74, 6) is 0.273. The molecular formula is C20H19N5O3. The van der Waals surface area contributed by atoms with E-state index in [0.717, 1.165) is 22.2 Å². The molecule has 0 saturated heterocycles. The van der Waals surface area contributed by atoms with Crippen molar-refractivity contribution in [3.8, 4) is 5.75 Å². The van der Waals surface area contributed by atoms with Crippen molar-refractivity contribution >= 4 is 22.5 Å². The number of hydrogen-bond donors (Lipinski definition) is 1. The van der Waals surface area contributed by atoms with Gasteiger partial charge in [-0.25, -0.2) is 9.50 Å². The maximum absolute atomic E-state index is 12.9. The van der Waals surface area contributed by atoms with Crippen LogP contribution in [0.3, 0.4) is 0 Å². The Balaban J connectivity index is 1.69. The highest BCUT2D eigenvalue weighted by Crippen LogP contribution is 2.27. The van der Waals surface area contributed by atoms with Gasteiger partial charge in [-0.1, -0.05) is 12.1 Å². The van der Waals surface area contributed by atoms with Crippen molar-refractivity contribution in [3.63, 3.8) is 0 Å². The zero-order chi connectivity index (χ0) is 19.8. The third kappa shape index (κ3) is 2.88.